The number of hydrogen-bond donors (Lipinski definition) is 0. The molecule has 0 radical (unpaired) electrons. The van der Waals surface area contributed by atoms with Crippen LogP contribution in [0.25, 0.3) is 16.7 Å². The van der Waals surface area contributed by atoms with E-state index in [9.17, 15) is 0 Å². The van der Waals surface area contributed by atoms with Crippen molar-refractivity contribution in [2.24, 2.45) is 0 Å². The highest BCUT2D eigenvalue weighted by molar-refractivity contribution is 9.10. The van der Waals surface area contributed by atoms with Crippen LogP contribution in [0.15, 0.2) is 71.6 Å². The lowest BCUT2D eigenvalue weighted by Gasteiger charge is -2.09. The number of ether oxygens (including phenoxy) is 2. The summed E-state index contributed by atoms with van der Waals surface area (Å²) < 4.78 is 14.1. The number of para-hydroxylation sites is 1. The number of aromatic nitrogens is 3. The molecule has 0 amide bonds. The summed E-state index contributed by atoms with van der Waals surface area (Å²) in [6.07, 6.45) is 3.45. The summed E-state index contributed by atoms with van der Waals surface area (Å²) in [7, 11) is 1.60. The Balaban J connectivity index is 1.72. The van der Waals surface area contributed by atoms with Crippen LogP contribution in [0.2, 0.25) is 0 Å². The SMILES string of the molecule is COc1ncnc2c(Br)cn(-c3ccc(Oc4ccccc4)cc3)c12. The first-order chi connectivity index (χ1) is 12.3. The van der Waals surface area contributed by atoms with Crippen LogP contribution < -0.4 is 9.47 Å². The lowest BCUT2D eigenvalue weighted by atomic mass is 10.3. The minimum atomic E-state index is 0.528. The predicted octanol–water partition coefficient (Wildman–Crippen LogP) is 4.98. The van der Waals surface area contributed by atoms with E-state index in [2.05, 4.69) is 25.9 Å². The molecule has 6 heteroatoms. The van der Waals surface area contributed by atoms with Crippen molar-refractivity contribution in [2.45, 2.75) is 0 Å². The van der Waals surface area contributed by atoms with E-state index in [1.165, 1.54) is 6.33 Å². The summed E-state index contributed by atoms with van der Waals surface area (Å²) >= 11 is 3.55. The minimum Gasteiger partial charge on any atom is -0.479 e. The van der Waals surface area contributed by atoms with Gasteiger partial charge in [0, 0.05) is 11.9 Å². The fourth-order valence-electron chi connectivity index (χ4n) is 2.65. The summed E-state index contributed by atoms with van der Waals surface area (Å²) in [4.78, 5) is 8.52. The summed E-state index contributed by atoms with van der Waals surface area (Å²) in [6.45, 7) is 0. The second kappa shape index (κ2) is 6.57. The largest absolute Gasteiger partial charge is 0.479 e. The molecule has 0 aliphatic carbocycles. The number of benzene rings is 2. The maximum Gasteiger partial charge on any atom is 0.241 e. The van der Waals surface area contributed by atoms with E-state index in [4.69, 9.17) is 9.47 Å². The smallest absolute Gasteiger partial charge is 0.241 e. The van der Waals surface area contributed by atoms with Crippen LogP contribution in [-0.2, 0) is 0 Å². The summed E-state index contributed by atoms with van der Waals surface area (Å²) in [5, 5.41) is 0. The van der Waals surface area contributed by atoms with E-state index in [-0.39, 0.29) is 0 Å². The van der Waals surface area contributed by atoms with Crippen molar-refractivity contribution < 1.29 is 9.47 Å². The third-order valence-electron chi connectivity index (χ3n) is 3.79. The molecule has 5 nitrogen and oxygen atoms in total. The van der Waals surface area contributed by atoms with Crippen molar-refractivity contribution in [3.05, 3.63) is 71.6 Å². The zero-order valence-corrected chi connectivity index (χ0v) is 15.0. The number of methoxy groups -OCH3 is 1. The van der Waals surface area contributed by atoms with Crippen LogP contribution >= 0.6 is 15.9 Å². The Labute approximate surface area is 153 Å². The lowest BCUT2D eigenvalue weighted by molar-refractivity contribution is 0.401. The molecule has 0 atom stereocenters. The average molecular weight is 396 g/mol. The number of fused-ring (bicyclic) bond motifs is 1. The van der Waals surface area contributed by atoms with Crippen LogP contribution in [0.3, 0.4) is 0 Å². The summed E-state index contributed by atoms with van der Waals surface area (Å²) in [6, 6.07) is 17.5. The van der Waals surface area contributed by atoms with E-state index < -0.39 is 0 Å². The fraction of sp³-hybridized carbons (Fsp3) is 0.0526. The molecule has 25 heavy (non-hydrogen) atoms. The van der Waals surface area contributed by atoms with Gasteiger partial charge in [0.25, 0.3) is 0 Å². The predicted molar refractivity (Wildman–Crippen MR) is 99.6 cm³/mol. The molecule has 0 N–H and O–H groups in total. The monoisotopic (exact) mass is 395 g/mol. The summed E-state index contributed by atoms with van der Waals surface area (Å²) in [5.74, 6) is 2.11. The van der Waals surface area contributed by atoms with Gasteiger partial charge in [-0.2, -0.15) is 4.98 Å². The van der Waals surface area contributed by atoms with E-state index in [1.807, 2.05) is 65.4 Å². The Kier molecular flexibility index (Phi) is 4.11. The third kappa shape index (κ3) is 2.96. The number of halogens is 1. The molecule has 0 fully saturated rings. The first kappa shape index (κ1) is 15.7. The molecule has 0 spiro atoms. The number of nitrogens with zero attached hydrogens (tertiary/aromatic N) is 3. The Morgan fingerprint density at radius 1 is 0.920 bits per heavy atom. The van der Waals surface area contributed by atoms with Gasteiger partial charge in [-0.1, -0.05) is 18.2 Å². The molecular weight excluding hydrogens is 382 g/mol. The van der Waals surface area contributed by atoms with Crippen LogP contribution in [0.5, 0.6) is 17.4 Å². The first-order valence-corrected chi connectivity index (χ1v) is 8.44. The highest BCUT2D eigenvalue weighted by Gasteiger charge is 2.15. The number of hydrogen-bond acceptors (Lipinski definition) is 4. The van der Waals surface area contributed by atoms with E-state index in [0.29, 0.717) is 5.88 Å². The van der Waals surface area contributed by atoms with Crippen LogP contribution in [0.4, 0.5) is 0 Å². The normalized spacial score (nSPS) is 10.8. The highest BCUT2D eigenvalue weighted by Crippen LogP contribution is 2.32. The lowest BCUT2D eigenvalue weighted by Crippen LogP contribution is -1.97. The van der Waals surface area contributed by atoms with Crippen molar-refractivity contribution >= 4 is 27.0 Å². The highest BCUT2D eigenvalue weighted by atomic mass is 79.9. The van der Waals surface area contributed by atoms with Gasteiger partial charge in [0.1, 0.15) is 28.9 Å². The van der Waals surface area contributed by atoms with Gasteiger partial charge < -0.3 is 14.0 Å². The fourth-order valence-corrected chi connectivity index (χ4v) is 3.14. The van der Waals surface area contributed by atoms with Gasteiger partial charge in [0.05, 0.1) is 11.6 Å². The maximum absolute atomic E-state index is 5.84. The molecule has 0 saturated carbocycles. The van der Waals surface area contributed by atoms with Crippen LogP contribution in [0.1, 0.15) is 0 Å². The summed E-state index contributed by atoms with van der Waals surface area (Å²) in [5.41, 5.74) is 2.58. The molecule has 4 rings (SSSR count). The zero-order chi connectivity index (χ0) is 17.2. The van der Waals surface area contributed by atoms with Crippen LogP contribution in [-0.4, -0.2) is 21.6 Å². The molecule has 0 saturated heterocycles. The molecular formula is C19H14BrN3O2. The molecule has 2 aromatic heterocycles. The van der Waals surface area contributed by atoms with E-state index >= 15 is 0 Å². The van der Waals surface area contributed by atoms with Gasteiger partial charge >= 0.3 is 0 Å². The van der Waals surface area contributed by atoms with Crippen LogP contribution in [0, 0.1) is 0 Å². The zero-order valence-electron chi connectivity index (χ0n) is 13.4. The van der Waals surface area contributed by atoms with Gasteiger partial charge in [0.2, 0.25) is 5.88 Å². The first-order valence-electron chi connectivity index (χ1n) is 7.65. The number of rotatable bonds is 4. The molecule has 0 unspecified atom stereocenters. The molecule has 4 aromatic rings. The molecule has 2 aromatic carbocycles. The Hall–Kier alpha value is -2.86. The molecule has 0 aliphatic rings. The van der Waals surface area contributed by atoms with Crippen molar-refractivity contribution in [2.75, 3.05) is 7.11 Å². The standard InChI is InChI=1S/C19H14BrN3O2/c1-24-19-18-17(21-12-22-19)16(20)11-23(18)13-7-9-15(10-8-13)25-14-5-3-2-4-6-14/h2-12H,1H3. The van der Waals surface area contributed by atoms with Gasteiger partial charge in [-0.05, 0) is 52.3 Å². The van der Waals surface area contributed by atoms with Crippen molar-refractivity contribution in [1.29, 1.82) is 0 Å². The van der Waals surface area contributed by atoms with Gasteiger partial charge in [-0.25, -0.2) is 4.98 Å². The van der Waals surface area contributed by atoms with Crippen molar-refractivity contribution in [1.82, 2.24) is 14.5 Å². The topological polar surface area (TPSA) is 49.2 Å². The second-order valence-corrected chi connectivity index (χ2v) is 6.19. The second-order valence-electron chi connectivity index (χ2n) is 5.34. The minimum absolute atomic E-state index is 0.528. The molecule has 2 heterocycles. The van der Waals surface area contributed by atoms with E-state index in [1.54, 1.807) is 7.11 Å². The van der Waals surface area contributed by atoms with Crippen molar-refractivity contribution in [3.8, 4) is 23.1 Å². The maximum atomic E-state index is 5.84. The van der Waals surface area contributed by atoms with Gasteiger partial charge in [-0.15, -0.1) is 0 Å². The Bertz CT molecular complexity index is 1010. The average Bonchev–Trinajstić information content (AvgIpc) is 3.00. The molecule has 0 aliphatic heterocycles. The molecule has 124 valence electrons. The Morgan fingerprint density at radius 3 is 2.36 bits per heavy atom. The Morgan fingerprint density at radius 2 is 1.64 bits per heavy atom. The van der Waals surface area contributed by atoms with Crippen molar-refractivity contribution in [3.63, 3.8) is 0 Å². The quantitative estimate of drug-likeness (QED) is 0.488. The third-order valence-corrected chi connectivity index (χ3v) is 4.37. The van der Waals surface area contributed by atoms with Gasteiger partial charge in [-0.3, -0.25) is 0 Å². The van der Waals surface area contributed by atoms with Gasteiger partial charge in [0.15, 0.2) is 0 Å². The van der Waals surface area contributed by atoms with E-state index in [0.717, 1.165) is 32.7 Å². The molecule has 0 bridgehead atoms.